The first-order chi connectivity index (χ1) is 9.95. The molecule has 0 saturated heterocycles. The van der Waals surface area contributed by atoms with Gasteiger partial charge in [-0.25, -0.2) is 4.79 Å². The maximum Gasteiger partial charge on any atom is 0.326 e. The second-order valence-electron chi connectivity index (χ2n) is 4.65. The van der Waals surface area contributed by atoms with Crippen molar-refractivity contribution in [1.29, 1.82) is 0 Å². The lowest BCUT2D eigenvalue weighted by Crippen LogP contribution is -2.41. The molecule has 0 saturated carbocycles. The monoisotopic (exact) mass is 312 g/mol. The molecule has 1 aromatic rings. The van der Waals surface area contributed by atoms with E-state index in [2.05, 4.69) is 4.84 Å². The van der Waals surface area contributed by atoms with Gasteiger partial charge in [0.15, 0.2) is 0 Å². The van der Waals surface area contributed by atoms with Crippen LogP contribution in [0.2, 0.25) is 0 Å². The van der Waals surface area contributed by atoms with Gasteiger partial charge in [-0.1, -0.05) is 12.1 Å². The van der Waals surface area contributed by atoms with Gasteiger partial charge in [-0.05, 0) is 18.1 Å². The van der Waals surface area contributed by atoms with Crippen LogP contribution in [-0.2, 0) is 16.1 Å². The van der Waals surface area contributed by atoms with Gasteiger partial charge in [0.1, 0.15) is 6.04 Å². The van der Waals surface area contributed by atoms with Gasteiger partial charge in [0, 0.05) is 24.7 Å². The average molecular weight is 313 g/mol. The molecule has 0 spiro atoms. The van der Waals surface area contributed by atoms with Crippen LogP contribution in [-0.4, -0.2) is 39.0 Å². The van der Waals surface area contributed by atoms with E-state index in [1.807, 2.05) is 0 Å². The molecule has 7 nitrogen and oxygen atoms in total. The van der Waals surface area contributed by atoms with Crippen LogP contribution < -0.4 is 4.84 Å². The quantitative estimate of drug-likeness (QED) is 0.688. The van der Waals surface area contributed by atoms with Crippen molar-refractivity contribution in [2.24, 2.45) is 0 Å². The summed E-state index contributed by atoms with van der Waals surface area (Å²) < 4.78 is 0. The maximum atomic E-state index is 12.4. The molecule has 3 N–H and O–H groups in total. The number of anilines is 1. The van der Waals surface area contributed by atoms with Crippen LogP contribution in [0, 0.1) is 0 Å². The maximum absolute atomic E-state index is 12.4. The number of nitrogens with zero attached hydrogens (tertiary/aromatic N) is 1. The predicted octanol–water partition coefficient (Wildman–Crippen LogP) is 1.53. The first-order valence-electron chi connectivity index (χ1n) is 6.19. The van der Waals surface area contributed by atoms with Crippen molar-refractivity contribution in [3.05, 3.63) is 29.3 Å². The Morgan fingerprint density at radius 2 is 2.10 bits per heavy atom. The Bertz CT molecular complexity index is 604. The highest BCUT2D eigenvalue weighted by Crippen LogP contribution is 2.31. The molecule has 1 heterocycles. The lowest BCUT2D eigenvalue weighted by atomic mass is 10.1. The minimum atomic E-state index is -1.22. The van der Waals surface area contributed by atoms with Crippen molar-refractivity contribution in [1.82, 2.24) is 4.90 Å². The first kappa shape index (κ1) is 15.1. The molecule has 8 heteroatoms. The minimum absolute atomic E-state index is 0.122. The molecule has 1 aromatic carbocycles. The van der Waals surface area contributed by atoms with Crippen molar-refractivity contribution >= 4 is 35.3 Å². The molecule has 0 radical (unpaired) electrons. The van der Waals surface area contributed by atoms with Crippen LogP contribution in [0.1, 0.15) is 28.8 Å². The summed E-state index contributed by atoms with van der Waals surface area (Å²) in [5.41, 5.74) is 1.39. The van der Waals surface area contributed by atoms with Crippen LogP contribution in [0.15, 0.2) is 18.2 Å². The predicted molar refractivity (Wildman–Crippen MR) is 74.1 cm³/mol. The minimum Gasteiger partial charge on any atom is -0.481 e. The number of halogens is 1. The number of aliphatic carboxylic acids is 2. The number of hydrogen-bond acceptors (Lipinski definition) is 4. The zero-order chi connectivity index (χ0) is 15.6. The van der Waals surface area contributed by atoms with Crippen LogP contribution in [0.3, 0.4) is 0 Å². The van der Waals surface area contributed by atoms with Crippen LogP contribution in [0.25, 0.3) is 0 Å². The topological polar surface area (TPSA) is 107 Å². The van der Waals surface area contributed by atoms with E-state index in [-0.39, 0.29) is 19.4 Å². The molecular weight excluding hydrogens is 300 g/mol. The van der Waals surface area contributed by atoms with Gasteiger partial charge >= 0.3 is 11.9 Å². The normalized spacial score (nSPS) is 14.7. The number of nitrogens with one attached hydrogen (secondary N) is 1. The van der Waals surface area contributed by atoms with E-state index in [4.69, 9.17) is 16.9 Å². The van der Waals surface area contributed by atoms with Crippen molar-refractivity contribution in [3.8, 4) is 0 Å². The fourth-order valence-corrected chi connectivity index (χ4v) is 2.54. The van der Waals surface area contributed by atoms with Gasteiger partial charge in [0.25, 0.3) is 5.91 Å². The van der Waals surface area contributed by atoms with Gasteiger partial charge < -0.3 is 15.1 Å². The number of amides is 1. The Kier molecular flexibility index (Phi) is 4.32. The number of benzene rings is 1. The Labute approximate surface area is 125 Å². The third kappa shape index (κ3) is 2.92. The zero-order valence-electron chi connectivity index (χ0n) is 10.9. The van der Waals surface area contributed by atoms with Crippen molar-refractivity contribution in [2.45, 2.75) is 25.4 Å². The SMILES string of the molecule is O=C(O)CCC(C(=O)O)N1Cc2cccc(NCl)c2C1=O. The number of carboxylic acids is 2. The second kappa shape index (κ2) is 6.01. The summed E-state index contributed by atoms with van der Waals surface area (Å²) in [7, 11) is 0. The van der Waals surface area contributed by atoms with Crippen LogP contribution in [0.5, 0.6) is 0 Å². The van der Waals surface area contributed by atoms with Gasteiger partial charge in [0.05, 0.1) is 11.3 Å². The molecule has 1 aliphatic rings. The number of rotatable bonds is 6. The number of fused-ring (bicyclic) bond motifs is 1. The first-order valence-corrected chi connectivity index (χ1v) is 6.57. The van der Waals surface area contributed by atoms with Gasteiger partial charge in [-0.15, -0.1) is 0 Å². The van der Waals surface area contributed by atoms with Crippen LogP contribution >= 0.6 is 11.8 Å². The van der Waals surface area contributed by atoms with Crippen LogP contribution in [0.4, 0.5) is 5.69 Å². The van der Waals surface area contributed by atoms with E-state index in [0.717, 1.165) is 4.90 Å². The molecule has 21 heavy (non-hydrogen) atoms. The molecule has 1 unspecified atom stereocenters. The van der Waals surface area contributed by atoms with Gasteiger partial charge in [0.2, 0.25) is 0 Å². The third-order valence-corrected chi connectivity index (χ3v) is 3.56. The van der Waals surface area contributed by atoms with Gasteiger partial charge in [-0.2, -0.15) is 0 Å². The molecule has 0 aromatic heterocycles. The summed E-state index contributed by atoms with van der Waals surface area (Å²) in [5.74, 6) is -2.79. The summed E-state index contributed by atoms with van der Waals surface area (Å²) in [6, 6.07) is 3.85. The third-order valence-electron chi connectivity index (χ3n) is 3.36. The Morgan fingerprint density at radius 1 is 1.38 bits per heavy atom. The highest BCUT2D eigenvalue weighted by molar-refractivity contribution is 6.25. The summed E-state index contributed by atoms with van der Waals surface area (Å²) in [5, 5.41) is 17.9. The highest BCUT2D eigenvalue weighted by atomic mass is 35.5. The summed E-state index contributed by atoms with van der Waals surface area (Å²) in [4.78, 5) is 37.9. The number of carbonyl (C=O) groups excluding carboxylic acids is 1. The van der Waals surface area contributed by atoms with Crippen molar-refractivity contribution in [2.75, 3.05) is 4.84 Å². The smallest absolute Gasteiger partial charge is 0.326 e. The Hall–Kier alpha value is -2.28. The molecule has 1 amide bonds. The molecule has 2 rings (SSSR count). The summed E-state index contributed by atoms with van der Waals surface area (Å²) >= 11 is 5.55. The average Bonchev–Trinajstić information content (AvgIpc) is 2.76. The van der Waals surface area contributed by atoms with E-state index in [0.29, 0.717) is 16.8 Å². The Balaban J connectivity index is 2.28. The second-order valence-corrected chi connectivity index (χ2v) is 4.84. The lowest BCUT2D eigenvalue weighted by Gasteiger charge is -2.23. The fourth-order valence-electron chi connectivity index (χ4n) is 2.39. The largest absolute Gasteiger partial charge is 0.481 e. The van der Waals surface area contributed by atoms with Crippen molar-refractivity contribution < 1.29 is 24.6 Å². The number of hydrogen-bond donors (Lipinski definition) is 3. The van der Waals surface area contributed by atoms with E-state index in [1.165, 1.54) is 0 Å². The Morgan fingerprint density at radius 3 is 2.67 bits per heavy atom. The summed E-state index contributed by atoms with van der Waals surface area (Å²) in [6.07, 6.45) is -0.467. The molecule has 1 atom stereocenters. The van der Waals surface area contributed by atoms with Gasteiger partial charge in [-0.3, -0.25) is 14.4 Å². The molecule has 0 aliphatic carbocycles. The van der Waals surface area contributed by atoms with E-state index >= 15 is 0 Å². The molecule has 1 aliphatic heterocycles. The number of carboxylic acid groups (broad SMARTS) is 2. The zero-order valence-corrected chi connectivity index (χ0v) is 11.6. The highest BCUT2D eigenvalue weighted by Gasteiger charge is 2.37. The van der Waals surface area contributed by atoms with E-state index in [9.17, 15) is 19.5 Å². The lowest BCUT2D eigenvalue weighted by molar-refractivity contribution is -0.143. The van der Waals surface area contributed by atoms with E-state index in [1.54, 1.807) is 18.2 Å². The standard InChI is InChI=1S/C13H13ClN2O5/c14-15-8-3-1-2-7-6-16(12(19)11(7)8)9(13(20)21)4-5-10(17)18/h1-3,9,15H,4-6H2,(H,17,18)(H,20,21). The molecule has 0 fully saturated rings. The van der Waals surface area contributed by atoms with E-state index < -0.39 is 23.9 Å². The molecule has 0 bridgehead atoms. The molecular formula is C13H13ClN2O5. The van der Waals surface area contributed by atoms with Crippen molar-refractivity contribution in [3.63, 3.8) is 0 Å². The summed E-state index contributed by atoms with van der Waals surface area (Å²) in [6.45, 7) is 0.122. The molecule has 112 valence electrons. The fraction of sp³-hybridized carbons (Fsp3) is 0.308. The number of carbonyl (C=O) groups is 3.